The first kappa shape index (κ1) is 17.4. The zero-order valence-electron chi connectivity index (χ0n) is 14.5. The SMILES string of the molecule is Cc1nn(Cc2ccccc2)c(C)c1NC(=O)Cn1nccc1C(=O)O. The number of carbonyl (C=O) groups excluding carboxylic acids is 1. The lowest BCUT2D eigenvalue weighted by Gasteiger charge is -2.08. The van der Waals surface area contributed by atoms with Crippen molar-refractivity contribution < 1.29 is 14.7 Å². The van der Waals surface area contributed by atoms with Gasteiger partial charge in [-0.1, -0.05) is 30.3 Å². The number of carbonyl (C=O) groups is 2. The van der Waals surface area contributed by atoms with E-state index >= 15 is 0 Å². The number of aromatic nitrogens is 4. The highest BCUT2D eigenvalue weighted by atomic mass is 16.4. The molecule has 0 aliphatic rings. The molecular formula is C18H19N5O3. The Labute approximate surface area is 150 Å². The fourth-order valence-corrected chi connectivity index (χ4v) is 2.74. The van der Waals surface area contributed by atoms with Crippen molar-refractivity contribution in [3.8, 4) is 0 Å². The van der Waals surface area contributed by atoms with Gasteiger partial charge in [-0.25, -0.2) is 9.48 Å². The Balaban J connectivity index is 1.74. The molecule has 0 fully saturated rings. The van der Waals surface area contributed by atoms with Gasteiger partial charge in [0.15, 0.2) is 0 Å². The van der Waals surface area contributed by atoms with Crippen molar-refractivity contribution in [1.29, 1.82) is 0 Å². The molecule has 8 nitrogen and oxygen atoms in total. The third-order valence-electron chi connectivity index (χ3n) is 4.05. The van der Waals surface area contributed by atoms with Gasteiger partial charge in [-0.2, -0.15) is 10.2 Å². The minimum absolute atomic E-state index is 0.0339. The Morgan fingerprint density at radius 1 is 1.12 bits per heavy atom. The standard InChI is InChI=1S/C18H19N5O3/c1-12-17(13(2)22(21-12)10-14-6-4-3-5-7-14)20-16(24)11-23-15(18(25)26)8-9-19-23/h3-9H,10-11H2,1-2H3,(H,20,24)(H,25,26). The van der Waals surface area contributed by atoms with Crippen molar-refractivity contribution in [2.75, 3.05) is 5.32 Å². The highest BCUT2D eigenvalue weighted by Gasteiger charge is 2.17. The topological polar surface area (TPSA) is 102 Å². The van der Waals surface area contributed by atoms with Crippen molar-refractivity contribution in [2.45, 2.75) is 26.9 Å². The Bertz CT molecular complexity index is 943. The van der Waals surface area contributed by atoms with Gasteiger partial charge in [0.1, 0.15) is 12.2 Å². The molecule has 8 heteroatoms. The molecule has 0 aliphatic carbocycles. The number of nitrogens with zero attached hydrogens (tertiary/aromatic N) is 4. The maximum absolute atomic E-state index is 12.3. The minimum atomic E-state index is -1.13. The van der Waals surface area contributed by atoms with E-state index in [1.165, 1.54) is 12.3 Å². The van der Waals surface area contributed by atoms with Crippen LogP contribution in [0.2, 0.25) is 0 Å². The predicted molar refractivity (Wildman–Crippen MR) is 95.1 cm³/mol. The molecular weight excluding hydrogens is 334 g/mol. The second-order valence-corrected chi connectivity index (χ2v) is 5.92. The number of rotatable bonds is 6. The normalized spacial score (nSPS) is 10.7. The van der Waals surface area contributed by atoms with Crippen LogP contribution < -0.4 is 5.32 Å². The maximum Gasteiger partial charge on any atom is 0.354 e. The molecule has 134 valence electrons. The molecule has 1 amide bonds. The van der Waals surface area contributed by atoms with Gasteiger partial charge >= 0.3 is 5.97 Å². The molecule has 3 rings (SSSR count). The molecule has 0 saturated carbocycles. The van der Waals surface area contributed by atoms with E-state index in [4.69, 9.17) is 5.11 Å². The van der Waals surface area contributed by atoms with Gasteiger partial charge in [-0.05, 0) is 25.5 Å². The van der Waals surface area contributed by atoms with Crippen molar-refractivity contribution in [1.82, 2.24) is 19.6 Å². The number of hydrogen-bond acceptors (Lipinski definition) is 4. The van der Waals surface area contributed by atoms with Crippen LogP contribution in [0.25, 0.3) is 0 Å². The minimum Gasteiger partial charge on any atom is -0.477 e. The third kappa shape index (κ3) is 3.64. The fourth-order valence-electron chi connectivity index (χ4n) is 2.74. The summed E-state index contributed by atoms with van der Waals surface area (Å²) < 4.78 is 2.98. The molecule has 0 bridgehead atoms. The first-order chi connectivity index (χ1) is 12.5. The lowest BCUT2D eigenvalue weighted by Crippen LogP contribution is -2.22. The molecule has 1 aromatic carbocycles. The number of hydrogen-bond donors (Lipinski definition) is 2. The average Bonchev–Trinajstić information content (AvgIpc) is 3.16. The summed E-state index contributed by atoms with van der Waals surface area (Å²) in [5.74, 6) is -1.49. The van der Waals surface area contributed by atoms with Crippen LogP contribution >= 0.6 is 0 Å². The average molecular weight is 353 g/mol. The van der Waals surface area contributed by atoms with E-state index in [0.717, 1.165) is 15.9 Å². The second kappa shape index (κ2) is 7.22. The van der Waals surface area contributed by atoms with Gasteiger partial charge in [-0.15, -0.1) is 0 Å². The lowest BCUT2D eigenvalue weighted by atomic mass is 10.2. The van der Waals surface area contributed by atoms with Crippen molar-refractivity contribution in [3.63, 3.8) is 0 Å². The Hall–Kier alpha value is -3.42. The quantitative estimate of drug-likeness (QED) is 0.706. The smallest absolute Gasteiger partial charge is 0.354 e. The molecule has 0 aliphatic heterocycles. The van der Waals surface area contributed by atoms with Crippen LogP contribution in [0.15, 0.2) is 42.6 Å². The summed E-state index contributed by atoms with van der Waals surface area (Å²) in [6.07, 6.45) is 1.35. The zero-order valence-corrected chi connectivity index (χ0v) is 14.5. The van der Waals surface area contributed by atoms with Crippen LogP contribution in [-0.4, -0.2) is 36.5 Å². The highest BCUT2D eigenvalue weighted by molar-refractivity contribution is 5.92. The van der Waals surface area contributed by atoms with Crippen molar-refractivity contribution in [2.24, 2.45) is 0 Å². The van der Waals surface area contributed by atoms with Crippen LogP contribution in [0.3, 0.4) is 0 Å². The summed E-state index contributed by atoms with van der Waals surface area (Å²) in [7, 11) is 0. The Morgan fingerprint density at radius 3 is 2.54 bits per heavy atom. The van der Waals surface area contributed by atoms with Crippen molar-refractivity contribution in [3.05, 3.63) is 65.2 Å². The number of carboxylic acid groups (broad SMARTS) is 1. The van der Waals surface area contributed by atoms with Gasteiger partial charge in [0, 0.05) is 6.20 Å². The number of aromatic carboxylic acids is 1. The first-order valence-corrected chi connectivity index (χ1v) is 8.08. The number of carboxylic acids is 1. The molecule has 3 aromatic rings. The van der Waals surface area contributed by atoms with E-state index in [2.05, 4.69) is 15.5 Å². The summed E-state index contributed by atoms with van der Waals surface area (Å²) in [5.41, 5.74) is 3.24. The van der Waals surface area contributed by atoms with E-state index in [9.17, 15) is 9.59 Å². The first-order valence-electron chi connectivity index (χ1n) is 8.08. The molecule has 2 heterocycles. The summed E-state index contributed by atoms with van der Waals surface area (Å²) >= 11 is 0. The van der Waals surface area contributed by atoms with Crippen LogP contribution in [-0.2, 0) is 17.9 Å². The number of anilines is 1. The van der Waals surface area contributed by atoms with E-state index < -0.39 is 5.97 Å². The summed E-state index contributed by atoms with van der Waals surface area (Å²) in [4.78, 5) is 23.4. The van der Waals surface area contributed by atoms with E-state index in [-0.39, 0.29) is 18.1 Å². The van der Waals surface area contributed by atoms with Crippen LogP contribution in [0.4, 0.5) is 5.69 Å². The largest absolute Gasteiger partial charge is 0.477 e. The molecule has 2 aromatic heterocycles. The van der Waals surface area contributed by atoms with Gasteiger partial charge in [0.2, 0.25) is 5.91 Å². The number of aryl methyl sites for hydroxylation is 1. The molecule has 0 unspecified atom stereocenters. The maximum atomic E-state index is 12.3. The number of amides is 1. The Kier molecular flexibility index (Phi) is 4.83. The molecule has 0 spiro atoms. The zero-order chi connectivity index (χ0) is 18.7. The number of benzene rings is 1. The van der Waals surface area contributed by atoms with Crippen LogP contribution in [0.1, 0.15) is 27.4 Å². The van der Waals surface area contributed by atoms with Crippen LogP contribution in [0.5, 0.6) is 0 Å². The van der Waals surface area contributed by atoms with Crippen molar-refractivity contribution >= 4 is 17.6 Å². The molecule has 0 radical (unpaired) electrons. The van der Waals surface area contributed by atoms with E-state index in [1.807, 2.05) is 48.9 Å². The summed E-state index contributed by atoms with van der Waals surface area (Å²) in [6, 6.07) is 11.3. The molecule has 0 saturated heterocycles. The highest BCUT2D eigenvalue weighted by Crippen LogP contribution is 2.20. The van der Waals surface area contributed by atoms with Gasteiger partial charge in [-0.3, -0.25) is 9.48 Å². The fraction of sp³-hybridized carbons (Fsp3) is 0.222. The molecule has 0 atom stereocenters. The summed E-state index contributed by atoms with van der Waals surface area (Å²) in [6.45, 7) is 4.12. The second-order valence-electron chi connectivity index (χ2n) is 5.92. The molecule has 2 N–H and O–H groups in total. The van der Waals surface area contributed by atoms with Gasteiger partial charge in [0.25, 0.3) is 0 Å². The van der Waals surface area contributed by atoms with Gasteiger partial charge in [0.05, 0.1) is 23.6 Å². The van der Waals surface area contributed by atoms with E-state index in [1.54, 1.807) is 0 Å². The predicted octanol–water partition coefficient (Wildman–Crippen LogP) is 2.08. The summed E-state index contributed by atoms with van der Waals surface area (Å²) in [5, 5.41) is 20.3. The van der Waals surface area contributed by atoms with Gasteiger partial charge < -0.3 is 10.4 Å². The molecule has 26 heavy (non-hydrogen) atoms. The van der Waals surface area contributed by atoms with E-state index in [0.29, 0.717) is 17.9 Å². The number of nitrogens with one attached hydrogen (secondary N) is 1. The Morgan fingerprint density at radius 2 is 1.85 bits per heavy atom. The van der Waals surface area contributed by atoms with Crippen LogP contribution in [0, 0.1) is 13.8 Å². The lowest BCUT2D eigenvalue weighted by molar-refractivity contribution is -0.116. The monoisotopic (exact) mass is 353 g/mol. The third-order valence-corrected chi connectivity index (χ3v) is 4.05.